The Hall–Kier alpha value is -2.44. The van der Waals surface area contributed by atoms with E-state index in [1.54, 1.807) is 35.0 Å². The second kappa shape index (κ2) is 5.89. The second-order valence-corrected chi connectivity index (χ2v) is 6.66. The molecule has 0 bridgehead atoms. The summed E-state index contributed by atoms with van der Waals surface area (Å²) in [5.74, 6) is 1.22. The van der Waals surface area contributed by atoms with Gasteiger partial charge in [-0.05, 0) is 31.7 Å². The molecule has 24 heavy (non-hydrogen) atoms. The molecule has 2 aliphatic rings. The monoisotopic (exact) mass is 328 g/mol. The van der Waals surface area contributed by atoms with E-state index in [0.29, 0.717) is 43.2 Å². The van der Waals surface area contributed by atoms with E-state index in [9.17, 15) is 9.59 Å². The molecular weight excluding hydrogens is 308 g/mol. The predicted octanol–water partition coefficient (Wildman–Crippen LogP) is 2.02. The van der Waals surface area contributed by atoms with Crippen molar-refractivity contribution < 1.29 is 14.1 Å². The molecule has 4 rings (SSSR count). The van der Waals surface area contributed by atoms with Gasteiger partial charge in [-0.3, -0.25) is 14.3 Å². The lowest BCUT2D eigenvalue weighted by molar-refractivity contribution is 0.0639. The molecule has 0 radical (unpaired) electrons. The van der Waals surface area contributed by atoms with Crippen molar-refractivity contribution in [3.63, 3.8) is 0 Å². The molecule has 1 saturated carbocycles. The van der Waals surface area contributed by atoms with Crippen LogP contribution in [0.25, 0.3) is 0 Å². The van der Waals surface area contributed by atoms with Gasteiger partial charge in [0.05, 0.1) is 0 Å². The molecule has 0 unspecified atom stereocenters. The Morgan fingerprint density at radius 3 is 2.58 bits per heavy atom. The van der Waals surface area contributed by atoms with E-state index in [1.807, 2.05) is 0 Å². The number of carbonyl (C=O) groups excluding carboxylic acids is 2. The van der Waals surface area contributed by atoms with Gasteiger partial charge >= 0.3 is 0 Å². The number of aryl methyl sites for hydroxylation is 1. The van der Waals surface area contributed by atoms with Crippen LogP contribution in [0.15, 0.2) is 22.9 Å². The Labute approximate surface area is 139 Å². The highest BCUT2D eigenvalue weighted by Gasteiger charge is 2.32. The average molecular weight is 328 g/mol. The molecule has 0 N–H and O–H groups in total. The van der Waals surface area contributed by atoms with E-state index in [2.05, 4.69) is 10.3 Å². The van der Waals surface area contributed by atoms with Crippen LogP contribution >= 0.6 is 0 Å². The van der Waals surface area contributed by atoms with Gasteiger partial charge < -0.3 is 9.42 Å². The van der Waals surface area contributed by atoms with Crippen LogP contribution in [0.1, 0.15) is 58.3 Å². The van der Waals surface area contributed by atoms with Crippen LogP contribution in [0.5, 0.6) is 0 Å². The van der Waals surface area contributed by atoms with Crippen LogP contribution in [0.2, 0.25) is 0 Å². The Kier molecular flexibility index (Phi) is 3.70. The van der Waals surface area contributed by atoms with E-state index >= 15 is 0 Å². The number of aromatic nitrogens is 3. The number of rotatable bonds is 4. The fourth-order valence-corrected chi connectivity index (χ4v) is 3.28. The zero-order chi connectivity index (χ0) is 16.7. The molecular formula is C17H20N4O3. The van der Waals surface area contributed by atoms with E-state index in [1.165, 1.54) is 0 Å². The first-order chi connectivity index (χ1) is 11.6. The molecule has 7 heteroatoms. The van der Waals surface area contributed by atoms with E-state index in [-0.39, 0.29) is 17.6 Å². The van der Waals surface area contributed by atoms with Gasteiger partial charge in [-0.1, -0.05) is 5.16 Å². The van der Waals surface area contributed by atoms with Gasteiger partial charge in [0.2, 0.25) is 0 Å². The minimum atomic E-state index is -0.0999. The van der Waals surface area contributed by atoms with Crippen molar-refractivity contribution in [2.75, 3.05) is 13.1 Å². The third kappa shape index (κ3) is 2.74. The molecule has 1 amide bonds. The number of carbonyl (C=O) groups is 2. The first kappa shape index (κ1) is 15.1. The topological polar surface area (TPSA) is 81.2 Å². The molecule has 0 spiro atoms. The largest absolute Gasteiger partial charge is 0.360 e. The Morgan fingerprint density at radius 1 is 1.21 bits per heavy atom. The standard InChI is InChI=1S/C17H20N4O3/c1-20-14(4-7-18-20)16(22)12-5-8-21(9-6-12)17(23)13-10-15(24-19-13)11-2-3-11/h4,7,10-12H,2-3,5-6,8-9H2,1H3. The maximum Gasteiger partial charge on any atom is 0.276 e. The summed E-state index contributed by atoms with van der Waals surface area (Å²) in [6.45, 7) is 1.14. The number of piperidine rings is 1. The van der Waals surface area contributed by atoms with E-state index < -0.39 is 0 Å². The molecule has 7 nitrogen and oxygen atoms in total. The van der Waals surface area contributed by atoms with Gasteiger partial charge in [0.1, 0.15) is 11.5 Å². The van der Waals surface area contributed by atoms with E-state index in [0.717, 1.165) is 18.6 Å². The minimum absolute atomic E-state index is 0.0521. The summed E-state index contributed by atoms with van der Waals surface area (Å²) in [7, 11) is 1.77. The quantitative estimate of drug-likeness (QED) is 0.802. The summed E-state index contributed by atoms with van der Waals surface area (Å²) >= 11 is 0. The highest BCUT2D eigenvalue weighted by Crippen LogP contribution is 2.40. The van der Waals surface area contributed by atoms with Crippen LogP contribution in [0, 0.1) is 5.92 Å². The van der Waals surface area contributed by atoms with Gasteiger partial charge in [0.15, 0.2) is 11.5 Å². The van der Waals surface area contributed by atoms with Crippen LogP contribution in [0.3, 0.4) is 0 Å². The smallest absolute Gasteiger partial charge is 0.276 e. The van der Waals surface area contributed by atoms with Gasteiger partial charge in [0, 0.05) is 44.2 Å². The first-order valence-corrected chi connectivity index (χ1v) is 8.41. The Morgan fingerprint density at radius 2 is 1.96 bits per heavy atom. The molecule has 1 aliphatic carbocycles. The summed E-state index contributed by atoms with van der Waals surface area (Å²) in [6.07, 6.45) is 5.20. The maximum absolute atomic E-state index is 12.5. The lowest BCUT2D eigenvalue weighted by atomic mass is 9.91. The fourth-order valence-electron chi connectivity index (χ4n) is 3.28. The molecule has 1 saturated heterocycles. The van der Waals surface area contributed by atoms with Gasteiger partial charge in [-0.25, -0.2) is 0 Å². The number of likely N-dealkylation sites (tertiary alicyclic amines) is 1. The highest BCUT2D eigenvalue weighted by atomic mass is 16.5. The van der Waals surface area contributed by atoms with Crippen molar-refractivity contribution in [3.05, 3.63) is 35.5 Å². The molecule has 2 aromatic rings. The lowest BCUT2D eigenvalue weighted by Gasteiger charge is -2.30. The SMILES string of the molecule is Cn1nccc1C(=O)C1CCN(C(=O)c2cc(C3CC3)on2)CC1. The van der Waals surface area contributed by atoms with Crippen molar-refractivity contribution >= 4 is 11.7 Å². The molecule has 0 atom stereocenters. The third-order valence-corrected chi connectivity index (χ3v) is 4.95. The van der Waals surface area contributed by atoms with Crippen LogP contribution < -0.4 is 0 Å². The van der Waals surface area contributed by atoms with Crippen molar-refractivity contribution in [1.29, 1.82) is 0 Å². The fraction of sp³-hybridized carbons (Fsp3) is 0.529. The zero-order valence-corrected chi connectivity index (χ0v) is 13.6. The van der Waals surface area contributed by atoms with E-state index in [4.69, 9.17) is 4.52 Å². The lowest BCUT2D eigenvalue weighted by Crippen LogP contribution is -2.40. The highest BCUT2D eigenvalue weighted by molar-refractivity contribution is 5.97. The van der Waals surface area contributed by atoms with Crippen molar-refractivity contribution in [3.8, 4) is 0 Å². The maximum atomic E-state index is 12.5. The van der Waals surface area contributed by atoms with Crippen molar-refractivity contribution in [2.24, 2.45) is 13.0 Å². The van der Waals surface area contributed by atoms with Crippen molar-refractivity contribution in [1.82, 2.24) is 19.8 Å². The first-order valence-electron chi connectivity index (χ1n) is 8.41. The number of ketones is 1. The van der Waals surface area contributed by atoms with Crippen LogP contribution in [-0.2, 0) is 7.05 Å². The number of Topliss-reactive ketones (excluding diaryl/α,β-unsaturated/α-hetero) is 1. The Balaban J connectivity index is 1.37. The summed E-state index contributed by atoms with van der Waals surface area (Å²) < 4.78 is 6.87. The normalized spacial score (nSPS) is 18.8. The number of hydrogen-bond acceptors (Lipinski definition) is 5. The van der Waals surface area contributed by atoms with Gasteiger partial charge in [0.25, 0.3) is 5.91 Å². The third-order valence-electron chi connectivity index (χ3n) is 4.95. The van der Waals surface area contributed by atoms with Crippen LogP contribution in [0.4, 0.5) is 0 Å². The molecule has 2 aromatic heterocycles. The average Bonchev–Trinajstić information content (AvgIpc) is 3.18. The summed E-state index contributed by atoms with van der Waals surface area (Å²) in [4.78, 5) is 26.8. The van der Waals surface area contributed by atoms with Crippen molar-refractivity contribution in [2.45, 2.75) is 31.6 Å². The number of nitrogens with zero attached hydrogens (tertiary/aromatic N) is 4. The zero-order valence-electron chi connectivity index (χ0n) is 13.6. The molecule has 126 valence electrons. The molecule has 1 aliphatic heterocycles. The summed E-state index contributed by atoms with van der Waals surface area (Å²) in [6, 6.07) is 3.52. The molecule has 2 fully saturated rings. The minimum Gasteiger partial charge on any atom is -0.360 e. The molecule has 0 aromatic carbocycles. The van der Waals surface area contributed by atoms with Crippen LogP contribution in [-0.4, -0.2) is 44.6 Å². The summed E-state index contributed by atoms with van der Waals surface area (Å²) in [5, 5.41) is 7.96. The number of hydrogen-bond donors (Lipinski definition) is 0. The number of amides is 1. The van der Waals surface area contributed by atoms with Gasteiger partial charge in [-0.15, -0.1) is 0 Å². The van der Waals surface area contributed by atoms with Gasteiger partial charge in [-0.2, -0.15) is 5.10 Å². The summed E-state index contributed by atoms with van der Waals surface area (Å²) in [5.41, 5.74) is 1.01. The molecule has 3 heterocycles. The predicted molar refractivity (Wildman–Crippen MR) is 84.6 cm³/mol. The Bertz CT molecular complexity index is 766. The second-order valence-electron chi connectivity index (χ2n) is 6.66.